The Bertz CT molecular complexity index is 410. The molecule has 16 heavy (non-hydrogen) atoms. The first-order valence-electron chi connectivity index (χ1n) is 5.14. The highest BCUT2D eigenvalue weighted by molar-refractivity contribution is 9.10. The van der Waals surface area contributed by atoms with Crippen LogP contribution in [0.3, 0.4) is 0 Å². The third-order valence-electron chi connectivity index (χ3n) is 2.52. The van der Waals surface area contributed by atoms with Gasteiger partial charge in [-0.3, -0.25) is 0 Å². The van der Waals surface area contributed by atoms with Crippen molar-refractivity contribution in [1.82, 2.24) is 0 Å². The summed E-state index contributed by atoms with van der Waals surface area (Å²) in [4.78, 5) is 0. The van der Waals surface area contributed by atoms with Gasteiger partial charge in [-0.15, -0.1) is 0 Å². The quantitative estimate of drug-likeness (QED) is 0.893. The number of nitrogens with one attached hydrogen (secondary N) is 1. The van der Waals surface area contributed by atoms with Crippen LogP contribution in [-0.4, -0.2) is 17.3 Å². The van der Waals surface area contributed by atoms with Gasteiger partial charge in [0.15, 0.2) is 0 Å². The van der Waals surface area contributed by atoms with Gasteiger partial charge >= 0.3 is 0 Å². The fourth-order valence-electron chi connectivity index (χ4n) is 1.17. The molecule has 2 N–H and O–H groups in total. The van der Waals surface area contributed by atoms with E-state index in [9.17, 15) is 5.11 Å². The molecule has 0 aliphatic rings. The molecule has 0 aliphatic heterocycles. The zero-order valence-electron chi connectivity index (χ0n) is 9.42. The lowest BCUT2D eigenvalue weighted by Crippen LogP contribution is -2.32. The molecule has 0 amide bonds. The Balaban J connectivity index is 2.81. The Morgan fingerprint density at radius 3 is 2.81 bits per heavy atom. The Kier molecular flexibility index (Phi) is 4.34. The fourth-order valence-corrected chi connectivity index (χ4v) is 1.53. The molecule has 1 aromatic carbocycles. The predicted molar refractivity (Wildman–Crippen MR) is 68.3 cm³/mol. The third-order valence-corrected chi connectivity index (χ3v) is 3.02. The van der Waals surface area contributed by atoms with E-state index < -0.39 is 5.60 Å². The van der Waals surface area contributed by atoms with Gasteiger partial charge in [0.1, 0.15) is 6.07 Å². The summed E-state index contributed by atoms with van der Waals surface area (Å²) < 4.78 is 0.908. The van der Waals surface area contributed by atoms with Gasteiger partial charge in [0.05, 0.1) is 16.9 Å². The number of rotatable bonds is 4. The maximum atomic E-state index is 9.86. The number of nitrogens with zero attached hydrogens (tertiary/aromatic N) is 1. The molecular formula is C12H15BrN2O. The van der Waals surface area contributed by atoms with Crippen molar-refractivity contribution in [2.75, 3.05) is 11.9 Å². The summed E-state index contributed by atoms with van der Waals surface area (Å²) in [5.74, 6) is 0. The van der Waals surface area contributed by atoms with Gasteiger partial charge in [0.25, 0.3) is 0 Å². The minimum atomic E-state index is -0.755. The highest BCUT2D eigenvalue weighted by atomic mass is 79.9. The van der Waals surface area contributed by atoms with Crippen LogP contribution in [0.25, 0.3) is 0 Å². The monoisotopic (exact) mass is 282 g/mol. The Morgan fingerprint density at radius 2 is 2.25 bits per heavy atom. The van der Waals surface area contributed by atoms with E-state index in [1.54, 1.807) is 13.0 Å². The second kappa shape index (κ2) is 5.33. The molecule has 0 heterocycles. The van der Waals surface area contributed by atoms with Crippen LogP contribution in [0.5, 0.6) is 0 Å². The summed E-state index contributed by atoms with van der Waals surface area (Å²) >= 11 is 3.35. The van der Waals surface area contributed by atoms with Crippen LogP contribution in [0, 0.1) is 11.3 Å². The van der Waals surface area contributed by atoms with Gasteiger partial charge in [0, 0.05) is 11.0 Å². The van der Waals surface area contributed by atoms with Crippen LogP contribution >= 0.6 is 15.9 Å². The van der Waals surface area contributed by atoms with Gasteiger partial charge in [-0.05, 0) is 31.5 Å². The van der Waals surface area contributed by atoms with E-state index in [0.29, 0.717) is 18.5 Å². The van der Waals surface area contributed by atoms with E-state index in [1.165, 1.54) is 0 Å². The van der Waals surface area contributed by atoms with Crippen LogP contribution in [0.15, 0.2) is 22.7 Å². The van der Waals surface area contributed by atoms with Gasteiger partial charge < -0.3 is 10.4 Å². The second-order valence-electron chi connectivity index (χ2n) is 4.01. The number of halogens is 1. The molecule has 1 unspecified atom stereocenters. The van der Waals surface area contributed by atoms with Crippen molar-refractivity contribution in [2.24, 2.45) is 0 Å². The van der Waals surface area contributed by atoms with Gasteiger partial charge in [-0.2, -0.15) is 5.26 Å². The van der Waals surface area contributed by atoms with Crippen LogP contribution < -0.4 is 5.32 Å². The molecule has 0 fully saturated rings. The summed E-state index contributed by atoms with van der Waals surface area (Å²) in [6.45, 7) is 4.12. The van der Waals surface area contributed by atoms with Gasteiger partial charge in [0.2, 0.25) is 0 Å². The summed E-state index contributed by atoms with van der Waals surface area (Å²) in [5, 5.41) is 21.9. The minimum absolute atomic E-state index is 0.425. The summed E-state index contributed by atoms with van der Waals surface area (Å²) in [6.07, 6.45) is 0.663. The van der Waals surface area contributed by atoms with Crippen molar-refractivity contribution < 1.29 is 5.11 Å². The van der Waals surface area contributed by atoms with Crippen LogP contribution in [0.2, 0.25) is 0 Å². The van der Waals surface area contributed by atoms with Crippen molar-refractivity contribution >= 4 is 21.6 Å². The minimum Gasteiger partial charge on any atom is -0.388 e. The molecular weight excluding hydrogens is 268 g/mol. The molecule has 0 saturated heterocycles. The first-order chi connectivity index (χ1) is 7.48. The number of hydrogen-bond donors (Lipinski definition) is 2. The normalized spacial score (nSPS) is 13.9. The topological polar surface area (TPSA) is 56.0 Å². The first-order valence-corrected chi connectivity index (χ1v) is 5.93. The van der Waals surface area contributed by atoms with E-state index in [4.69, 9.17) is 5.26 Å². The number of aliphatic hydroxyl groups is 1. The number of hydrogen-bond acceptors (Lipinski definition) is 3. The van der Waals surface area contributed by atoms with Crippen molar-refractivity contribution in [1.29, 1.82) is 5.26 Å². The zero-order valence-corrected chi connectivity index (χ0v) is 11.0. The van der Waals surface area contributed by atoms with E-state index in [1.807, 2.05) is 19.1 Å². The zero-order chi connectivity index (χ0) is 12.2. The molecule has 0 saturated carbocycles. The van der Waals surface area contributed by atoms with E-state index in [0.717, 1.165) is 10.2 Å². The molecule has 0 spiro atoms. The Morgan fingerprint density at radius 1 is 1.56 bits per heavy atom. The van der Waals surface area contributed by atoms with E-state index in [2.05, 4.69) is 27.3 Å². The van der Waals surface area contributed by atoms with Crippen LogP contribution in [-0.2, 0) is 0 Å². The molecule has 0 aliphatic carbocycles. The molecule has 1 rings (SSSR count). The molecule has 1 aromatic rings. The molecule has 3 nitrogen and oxygen atoms in total. The van der Waals surface area contributed by atoms with Gasteiger partial charge in [-0.25, -0.2) is 0 Å². The largest absolute Gasteiger partial charge is 0.388 e. The molecule has 86 valence electrons. The average Bonchev–Trinajstić information content (AvgIpc) is 2.27. The maximum absolute atomic E-state index is 9.86. The lowest BCUT2D eigenvalue weighted by molar-refractivity contribution is 0.0697. The van der Waals surface area contributed by atoms with Crippen molar-refractivity contribution in [3.8, 4) is 6.07 Å². The molecule has 0 bridgehead atoms. The lowest BCUT2D eigenvalue weighted by atomic mass is 10.0. The van der Waals surface area contributed by atoms with Crippen molar-refractivity contribution in [3.05, 3.63) is 28.2 Å². The number of nitriles is 1. The molecule has 1 atom stereocenters. The Hall–Kier alpha value is -1.05. The van der Waals surface area contributed by atoms with E-state index >= 15 is 0 Å². The lowest BCUT2D eigenvalue weighted by Gasteiger charge is -2.22. The Labute approximate surface area is 104 Å². The highest BCUT2D eigenvalue weighted by Gasteiger charge is 2.17. The van der Waals surface area contributed by atoms with Crippen LogP contribution in [0.4, 0.5) is 5.69 Å². The smallest absolute Gasteiger partial charge is 0.101 e. The fraction of sp³-hybridized carbons (Fsp3) is 0.417. The number of anilines is 1. The standard InChI is InChI=1S/C12H15BrN2O/c1-3-12(2,16)8-15-11-6-10(13)5-4-9(11)7-14/h4-6,15-16H,3,8H2,1-2H3. The van der Waals surface area contributed by atoms with Crippen LogP contribution in [0.1, 0.15) is 25.8 Å². The summed E-state index contributed by atoms with van der Waals surface area (Å²) in [5.41, 5.74) is 0.565. The number of benzene rings is 1. The SMILES string of the molecule is CCC(C)(O)CNc1cc(Br)ccc1C#N. The summed E-state index contributed by atoms with van der Waals surface area (Å²) in [6, 6.07) is 7.51. The predicted octanol–water partition coefficient (Wildman–Crippen LogP) is 2.89. The maximum Gasteiger partial charge on any atom is 0.101 e. The third kappa shape index (κ3) is 3.51. The van der Waals surface area contributed by atoms with Crippen molar-refractivity contribution in [3.63, 3.8) is 0 Å². The second-order valence-corrected chi connectivity index (χ2v) is 4.92. The van der Waals surface area contributed by atoms with E-state index in [-0.39, 0.29) is 0 Å². The first kappa shape index (κ1) is 13.0. The van der Waals surface area contributed by atoms with Gasteiger partial charge in [-0.1, -0.05) is 22.9 Å². The van der Waals surface area contributed by atoms with Crippen molar-refractivity contribution in [2.45, 2.75) is 25.9 Å². The molecule has 0 aromatic heterocycles. The highest BCUT2D eigenvalue weighted by Crippen LogP contribution is 2.21. The summed E-state index contributed by atoms with van der Waals surface area (Å²) in [7, 11) is 0. The average molecular weight is 283 g/mol. The molecule has 4 heteroatoms. The molecule has 0 radical (unpaired) electrons.